The molecule has 0 N–H and O–H groups in total. The lowest BCUT2D eigenvalue weighted by Gasteiger charge is -2.42. The second-order valence-corrected chi connectivity index (χ2v) is 14.3. The number of rotatable bonds is 9. The minimum Gasteiger partial charge on any atom is -0.496 e. The first-order valence-electron chi connectivity index (χ1n) is 10.5. The molecule has 0 saturated heterocycles. The molecule has 5 heteroatoms. The van der Waals surface area contributed by atoms with Crippen LogP contribution in [0.1, 0.15) is 70.1 Å². The quantitative estimate of drug-likeness (QED) is 0.373. The fourth-order valence-corrected chi connectivity index (χ4v) is 4.76. The molecule has 0 amide bonds. The van der Waals surface area contributed by atoms with Gasteiger partial charge in [-0.05, 0) is 55.1 Å². The zero-order chi connectivity index (χ0) is 20.9. The number of aldehydes is 1. The van der Waals surface area contributed by atoms with Crippen LogP contribution >= 0.6 is 0 Å². The Kier molecular flexibility index (Phi) is 7.88. The fourth-order valence-electron chi connectivity index (χ4n) is 3.48. The summed E-state index contributed by atoms with van der Waals surface area (Å²) in [5.41, 5.74) is 2.11. The summed E-state index contributed by atoms with van der Waals surface area (Å²) in [5.74, 6) is 0.840. The summed E-state index contributed by atoms with van der Waals surface area (Å²) in [4.78, 5) is 11.5. The van der Waals surface area contributed by atoms with E-state index in [9.17, 15) is 4.79 Å². The van der Waals surface area contributed by atoms with Crippen molar-refractivity contribution < 1.29 is 18.7 Å². The van der Waals surface area contributed by atoms with E-state index in [0.717, 1.165) is 36.0 Å². The van der Waals surface area contributed by atoms with Crippen LogP contribution in [-0.2, 0) is 14.0 Å². The molecule has 4 nitrogen and oxygen atoms in total. The van der Waals surface area contributed by atoms with Gasteiger partial charge in [-0.15, -0.1) is 0 Å². The Labute approximate surface area is 172 Å². The minimum atomic E-state index is -2.08. The maximum Gasteiger partial charge on any atom is 0.193 e. The van der Waals surface area contributed by atoms with Crippen molar-refractivity contribution in [3.8, 4) is 5.75 Å². The van der Waals surface area contributed by atoms with Gasteiger partial charge in [-0.25, -0.2) is 0 Å². The van der Waals surface area contributed by atoms with Gasteiger partial charge >= 0.3 is 0 Å². The van der Waals surface area contributed by atoms with Crippen molar-refractivity contribution in [2.75, 3.05) is 7.11 Å². The minimum absolute atomic E-state index is 0.0686. The number of ether oxygens (including phenoxy) is 2. The monoisotopic (exact) mass is 406 g/mol. The second kappa shape index (κ2) is 9.55. The number of benzene rings is 1. The standard InChI is InChI=1S/C23H38O4Si/c1-17-12-13-18(16-21(17)25-5)22(27-28(6,7)23(2,3)4)20(14-15-24)26-19-10-8-9-11-19/h12-13,15-16,19-20,22H,8-11,14H2,1-7H3/t20-,22?/m0/s1. The molecule has 2 rings (SSSR count). The van der Waals surface area contributed by atoms with E-state index >= 15 is 0 Å². The van der Waals surface area contributed by atoms with E-state index in [1.54, 1.807) is 7.11 Å². The Morgan fingerprint density at radius 1 is 1.21 bits per heavy atom. The lowest BCUT2D eigenvalue weighted by atomic mass is 10.00. The van der Waals surface area contributed by atoms with Gasteiger partial charge in [0.25, 0.3) is 0 Å². The largest absolute Gasteiger partial charge is 0.496 e. The van der Waals surface area contributed by atoms with E-state index in [4.69, 9.17) is 13.9 Å². The molecule has 0 aromatic heterocycles. The summed E-state index contributed by atoms with van der Waals surface area (Å²) in [7, 11) is -0.388. The third-order valence-electron chi connectivity index (χ3n) is 6.32. The molecule has 1 saturated carbocycles. The zero-order valence-electron chi connectivity index (χ0n) is 18.7. The van der Waals surface area contributed by atoms with Gasteiger partial charge in [0.05, 0.1) is 25.4 Å². The van der Waals surface area contributed by atoms with E-state index < -0.39 is 8.32 Å². The van der Waals surface area contributed by atoms with E-state index in [1.165, 1.54) is 12.8 Å². The summed E-state index contributed by atoms with van der Waals surface area (Å²) in [5, 5.41) is 0.0686. The van der Waals surface area contributed by atoms with Crippen LogP contribution in [0, 0.1) is 6.92 Å². The van der Waals surface area contributed by atoms with E-state index in [1.807, 2.05) is 13.0 Å². The summed E-state index contributed by atoms with van der Waals surface area (Å²) in [6.07, 6.45) is 5.51. The van der Waals surface area contributed by atoms with Crippen molar-refractivity contribution in [2.45, 2.75) is 96.2 Å². The number of aryl methyl sites for hydroxylation is 1. The molecule has 0 aliphatic heterocycles. The number of methoxy groups -OCH3 is 1. The molecule has 0 radical (unpaired) electrons. The molecule has 1 aromatic carbocycles. The average molecular weight is 407 g/mol. The van der Waals surface area contributed by atoms with Crippen molar-refractivity contribution >= 4 is 14.6 Å². The van der Waals surface area contributed by atoms with Gasteiger partial charge in [0.1, 0.15) is 12.0 Å². The van der Waals surface area contributed by atoms with Crippen LogP contribution in [0.5, 0.6) is 5.75 Å². The van der Waals surface area contributed by atoms with Crippen LogP contribution in [0.25, 0.3) is 0 Å². The molecule has 28 heavy (non-hydrogen) atoms. The van der Waals surface area contributed by atoms with Gasteiger partial charge in [-0.1, -0.05) is 45.7 Å². The summed E-state index contributed by atoms with van der Waals surface area (Å²) in [6.45, 7) is 13.2. The van der Waals surface area contributed by atoms with Crippen molar-refractivity contribution in [3.05, 3.63) is 29.3 Å². The predicted molar refractivity (Wildman–Crippen MR) is 117 cm³/mol. The SMILES string of the molecule is COc1cc(C(O[Si](C)(C)C(C)(C)C)[C@H](CC=O)OC2CCCC2)ccc1C. The fraction of sp³-hybridized carbons (Fsp3) is 0.696. The lowest BCUT2D eigenvalue weighted by Crippen LogP contribution is -2.44. The highest BCUT2D eigenvalue weighted by atomic mass is 28.4. The van der Waals surface area contributed by atoms with Gasteiger partial charge in [0.2, 0.25) is 0 Å². The molecule has 1 aliphatic rings. The molecule has 1 fully saturated rings. The van der Waals surface area contributed by atoms with Crippen molar-refractivity contribution in [3.63, 3.8) is 0 Å². The maximum absolute atomic E-state index is 11.5. The third kappa shape index (κ3) is 5.68. The molecule has 0 spiro atoms. The molecular formula is C23H38O4Si. The van der Waals surface area contributed by atoms with Crippen LogP contribution < -0.4 is 4.74 Å². The molecule has 1 aromatic rings. The van der Waals surface area contributed by atoms with Crippen LogP contribution in [0.2, 0.25) is 18.1 Å². The highest BCUT2D eigenvalue weighted by molar-refractivity contribution is 6.74. The predicted octanol–water partition coefficient (Wildman–Crippen LogP) is 5.98. The molecule has 0 bridgehead atoms. The van der Waals surface area contributed by atoms with Gasteiger partial charge in [-0.3, -0.25) is 0 Å². The highest BCUT2D eigenvalue weighted by Gasteiger charge is 2.42. The molecular weight excluding hydrogens is 368 g/mol. The van der Waals surface area contributed by atoms with E-state index in [0.29, 0.717) is 6.42 Å². The molecule has 2 atom stereocenters. The topological polar surface area (TPSA) is 44.8 Å². The zero-order valence-corrected chi connectivity index (χ0v) is 19.7. The Morgan fingerprint density at radius 2 is 1.86 bits per heavy atom. The highest BCUT2D eigenvalue weighted by Crippen LogP contribution is 2.42. The first-order chi connectivity index (χ1) is 13.1. The second-order valence-electron chi connectivity index (χ2n) is 9.51. The number of carbonyl (C=O) groups is 1. The van der Waals surface area contributed by atoms with Gasteiger partial charge in [0.15, 0.2) is 8.32 Å². The first-order valence-corrected chi connectivity index (χ1v) is 13.4. The van der Waals surface area contributed by atoms with Gasteiger partial charge in [-0.2, -0.15) is 0 Å². The van der Waals surface area contributed by atoms with Crippen LogP contribution in [-0.4, -0.2) is 33.9 Å². The molecule has 158 valence electrons. The first kappa shape index (κ1) is 23.1. The van der Waals surface area contributed by atoms with Crippen LogP contribution in [0.3, 0.4) is 0 Å². The van der Waals surface area contributed by atoms with Crippen molar-refractivity contribution in [1.29, 1.82) is 0 Å². The van der Waals surface area contributed by atoms with Gasteiger partial charge < -0.3 is 18.7 Å². The normalized spacial score (nSPS) is 18.1. The number of hydrogen-bond donors (Lipinski definition) is 0. The van der Waals surface area contributed by atoms with Gasteiger partial charge in [0, 0.05) is 6.42 Å². The van der Waals surface area contributed by atoms with Crippen molar-refractivity contribution in [1.82, 2.24) is 0 Å². The Balaban J connectivity index is 2.41. The lowest BCUT2D eigenvalue weighted by molar-refractivity contribution is -0.117. The number of carbonyl (C=O) groups excluding carboxylic acids is 1. The summed E-state index contributed by atoms with van der Waals surface area (Å²) in [6, 6.07) is 6.19. The van der Waals surface area contributed by atoms with E-state index in [2.05, 4.69) is 46.0 Å². The smallest absolute Gasteiger partial charge is 0.193 e. The summed E-state index contributed by atoms with van der Waals surface area (Å²) >= 11 is 0. The molecule has 1 aliphatic carbocycles. The average Bonchev–Trinajstić information content (AvgIpc) is 3.12. The summed E-state index contributed by atoms with van der Waals surface area (Å²) < 4.78 is 18.9. The Hall–Kier alpha value is -1.17. The number of hydrogen-bond acceptors (Lipinski definition) is 4. The van der Waals surface area contributed by atoms with E-state index in [-0.39, 0.29) is 23.4 Å². The molecule has 1 unspecified atom stereocenters. The Morgan fingerprint density at radius 3 is 2.39 bits per heavy atom. The third-order valence-corrected chi connectivity index (χ3v) is 10.8. The van der Waals surface area contributed by atoms with Crippen LogP contribution in [0.4, 0.5) is 0 Å². The van der Waals surface area contributed by atoms with Crippen LogP contribution in [0.15, 0.2) is 18.2 Å². The maximum atomic E-state index is 11.5. The van der Waals surface area contributed by atoms with Crippen molar-refractivity contribution in [2.24, 2.45) is 0 Å². The molecule has 0 heterocycles. The Bertz CT molecular complexity index is 644.